The molecule has 0 spiro atoms. The number of rotatable bonds is 16. The van der Waals surface area contributed by atoms with E-state index in [1.807, 2.05) is 11.8 Å². The Hall–Kier alpha value is -1.03. The quantitative estimate of drug-likeness (QED) is 0.158. The van der Waals surface area contributed by atoms with Gasteiger partial charge in [-0.25, -0.2) is 4.79 Å². The summed E-state index contributed by atoms with van der Waals surface area (Å²) in [7, 11) is 0. The molecule has 3 unspecified atom stereocenters. The minimum atomic E-state index is -0.0502. The highest BCUT2D eigenvalue weighted by Crippen LogP contribution is 2.32. The third-order valence-corrected chi connectivity index (χ3v) is 6.71. The summed E-state index contributed by atoms with van der Waals surface area (Å²) in [5, 5.41) is 16.2. The molecule has 0 bridgehead atoms. The molecule has 0 aromatic rings. The van der Waals surface area contributed by atoms with Crippen molar-refractivity contribution in [3.8, 4) is 0 Å². The molecule has 0 radical (unpaired) electrons. The second-order valence-corrected chi connectivity index (χ2v) is 8.84. The standard InChI is InChI=1S/C19H38N6O2S/c20-8-4-11-21-9-1-2-10-22-12-5-13-23-17(26)7-3-6-16-18-15(14-28-16)24-19(27)25-18/h15-16,18,21-22H,1-14,20H2,(H,23,26)(H2,24,25,27). The van der Waals surface area contributed by atoms with Crippen molar-refractivity contribution >= 4 is 23.7 Å². The summed E-state index contributed by atoms with van der Waals surface area (Å²) in [5.74, 6) is 1.11. The van der Waals surface area contributed by atoms with Crippen LogP contribution < -0.4 is 32.3 Å². The Bertz CT molecular complexity index is 468. The van der Waals surface area contributed by atoms with Crippen molar-refractivity contribution in [1.82, 2.24) is 26.6 Å². The molecule has 0 saturated carbocycles. The summed E-state index contributed by atoms with van der Waals surface area (Å²) < 4.78 is 0. The average molecular weight is 415 g/mol. The van der Waals surface area contributed by atoms with E-state index < -0.39 is 0 Å². The summed E-state index contributed by atoms with van der Waals surface area (Å²) >= 11 is 1.90. The van der Waals surface area contributed by atoms with E-state index in [2.05, 4.69) is 26.6 Å². The number of fused-ring (bicyclic) bond motifs is 1. The van der Waals surface area contributed by atoms with Crippen LogP contribution in [0.15, 0.2) is 0 Å². The van der Waals surface area contributed by atoms with Crippen molar-refractivity contribution in [2.45, 2.75) is 62.3 Å². The SMILES string of the molecule is NCCCNCCCCNCCCNC(=O)CCCC1SCC2NC(=O)NC21. The summed E-state index contributed by atoms with van der Waals surface area (Å²) in [6.45, 7) is 5.52. The van der Waals surface area contributed by atoms with Gasteiger partial charge in [-0.1, -0.05) is 0 Å². The molecular formula is C19H38N6O2S. The molecule has 2 fully saturated rings. The highest BCUT2D eigenvalue weighted by molar-refractivity contribution is 8.00. The van der Waals surface area contributed by atoms with E-state index in [0.717, 1.165) is 70.7 Å². The van der Waals surface area contributed by atoms with Gasteiger partial charge in [-0.15, -0.1) is 0 Å². The highest BCUT2D eigenvalue weighted by atomic mass is 32.2. The van der Waals surface area contributed by atoms with Crippen molar-refractivity contribution in [2.75, 3.05) is 45.0 Å². The Kier molecular flexibility index (Phi) is 11.7. The molecule has 2 heterocycles. The first-order valence-electron chi connectivity index (χ1n) is 10.8. The second-order valence-electron chi connectivity index (χ2n) is 7.57. The fourth-order valence-electron chi connectivity index (χ4n) is 3.61. The van der Waals surface area contributed by atoms with Crippen LogP contribution in [0.3, 0.4) is 0 Å². The van der Waals surface area contributed by atoms with E-state index in [9.17, 15) is 9.59 Å². The van der Waals surface area contributed by atoms with Gasteiger partial charge in [0.2, 0.25) is 5.91 Å². The lowest BCUT2D eigenvalue weighted by Crippen LogP contribution is -2.37. The van der Waals surface area contributed by atoms with Crippen LogP contribution in [0, 0.1) is 0 Å². The number of hydrogen-bond acceptors (Lipinski definition) is 6. The predicted octanol–water partition coefficient (Wildman–Crippen LogP) is 0.137. The summed E-state index contributed by atoms with van der Waals surface area (Å²) in [5.41, 5.74) is 5.45. The first kappa shape index (κ1) is 23.3. The molecule has 2 aliphatic rings. The molecule has 2 aliphatic heterocycles. The first-order chi connectivity index (χ1) is 13.7. The van der Waals surface area contributed by atoms with Gasteiger partial charge in [0.1, 0.15) is 0 Å². The Morgan fingerprint density at radius 2 is 1.71 bits per heavy atom. The minimum absolute atomic E-state index is 0.0502. The van der Waals surface area contributed by atoms with Crippen molar-refractivity contribution < 1.29 is 9.59 Å². The molecule has 9 heteroatoms. The van der Waals surface area contributed by atoms with Crippen molar-refractivity contribution in [2.24, 2.45) is 5.73 Å². The Morgan fingerprint density at radius 3 is 2.46 bits per heavy atom. The monoisotopic (exact) mass is 414 g/mol. The number of nitrogens with one attached hydrogen (secondary N) is 5. The maximum atomic E-state index is 11.9. The summed E-state index contributed by atoms with van der Waals surface area (Å²) in [6.07, 6.45) is 6.76. The van der Waals surface area contributed by atoms with Gasteiger partial charge in [0, 0.05) is 24.0 Å². The van der Waals surface area contributed by atoms with E-state index in [4.69, 9.17) is 5.73 Å². The largest absolute Gasteiger partial charge is 0.356 e. The van der Waals surface area contributed by atoms with Crippen molar-refractivity contribution in [3.63, 3.8) is 0 Å². The molecule has 0 aromatic carbocycles. The number of carbonyl (C=O) groups excluding carboxylic acids is 2. The molecular weight excluding hydrogens is 376 g/mol. The fraction of sp³-hybridized carbons (Fsp3) is 0.895. The molecule has 3 amide bonds. The summed E-state index contributed by atoms with van der Waals surface area (Å²) in [6, 6.07) is 0.440. The maximum Gasteiger partial charge on any atom is 0.315 e. The predicted molar refractivity (Wildman–Crippen MR) is 116 cm³/mol. The topological polar surface area (TPSA) is 120 Å². The van der Waals surface area contributed by atoms with Crippen LogP contribution in [-0.4, -0.2) is 74.3 Å². The van der Waals surface area contributed by atoms with Crippen LogP contribution in [0.25, 0.3) is 0 Å². The van der Waals surface area contributed by atoms with Gasteiger partial charge in [-0.3, -0.25) is 4.79 Å². The number of urea groups is 1. The lowest BCUT2D eigenvalue weighted by Gasteiger charge is -2.16. The fourth-order valence-corrected chi connectivity index (χ4v) is 5.16. The van der Waals surface area contributed by atoms with E-state index in [1.54, 1.807) is 0 Å². The third kappa shape index (κ3) is 8.98. The number of unbranched alkanes of at least 4 members (excludes halogenated alkanes) is 1. The number of amides is 3. The number of nitrogens with two attached hydrogens (primary N) is 1. The van der Waals surface area contributed by atoms with Gasteiger partial charge < -0.3 is 32.3 Å². The lowest BCUT2D eigenvalue weighted by atomic mass is 10.0. The Labute approximate surface area is 173 Å². The summed E-state index contributed by atoms with van der Waals surface area (Å²) in [4.78, 5) is 23.3. The minimum Gasteiger partial charge on any atom is -0.356 e. The van der Waals surface area contributed by atoms with E-state index >= 15 is 0 Å². The van der Waals surface area contributed by atoms with Gasteiger partial charge >= 0.3 is 6.03 Å². The van der Waals surface area contributed by atoms with Crippen LogP contribution in [0.4, 0.5) is 4.79 Å². The van der Waals surface area contributed by atoms with Gasteiger partial charge in [0.05, 0.1) is 12.1 Å². The van der Waals surface area contributed by atoms with Gasteiger partial charge in [0.15, 0.2) is 0 Å². The van der Waals surface area contributed by atoms with Crippen LogP contribution in [0.2, 0.25) is 0 Å². The van der Waals surface area contributed by atoms with E-state index in [1.165, 1.54) is 12.8 Å². The zero-order chi connectivity index (χ0) is 20.0. The van der Waals surface area contributed by atoms with Crippen molar-refractivity contribution in [1.29, 1.82) is 0 Å². The van der Waals surface area contributed by atoms with Gasteiger partial charge in [-0.2, -0.15) is 11.8 Å². The third-order valence-electron chi connectivity index (χ3n) is 5.20. The van der Waals surface area contributed by atoms with Gasteiger partial charge in [-0.05, 0) is 71.2 Å². The molecule has 28 heavy (non-hydrogen) atoms. The average Bonchev–Trinajstić information content (AvgIpc) is 3.22. The molecule has 3 atom stereocenters. The number of thioether (sulfide) groups is 1. The highest BCUT2D eigenvalue weighted by Gasteiger charge is 2.42. The number of hydrogen-bond donors (Lipinski definition) is 6. The molecule has 7 N–H and O–H groups in total. The molecule has 2 saturated heterocycles. The van der Waals surface area contributed by atoms with E-state index in [-0.39, 0.29) is 24.0 Å². The zero-order valence-corrected chi connectivity index (χ0v) is 17.8. The van der Waals surface area contributed by atoms with Crippen LogP contribution >= 0.6 is 11.8 Å². The molecule has 0 aliphatic carbocycles. The first-order valence-corrected chi connectivity index (χ1v) is 11.8. The van der Waals surface area contributed by atoms with Crippen LogP contribution in [-0.2, 0) is 4.79 Å². The van der Waals surface area contributed by atoms with Gasteiger partial charge in [0.25, 0.3) is 0 Å². The normalized spacial score (nSPS) is 23.3. The molecule has 0 aromatic heterocycles. The molecule has 162 valence electrons. The molecule has 8 nitrogen and oxygen atoms in total. The Balaban J connectivity index is 1.34. The lowest BCUT2D eigenvalue weighted by molar-refractivity contribution is -0.121. The Morgan fingerprint density at radius 1 is 1.00 bits per heavy atom. The van der Waals surface area contributed by atoms with E-state index in [0.29, 0.717) is 11.7 Å². The smallest absolute Gasteiger partial charge is 0.315 e. The maximum absolute atomic E-state index is 11.9. The van der Waals surface area contributed by atoms with Crippen molar-refractivity contribution in [3.05, 3.63) is 0 Å². The number of carbonyl (C=O) groups is 2. The zero-order valence-electron chi connectivity index (χ0n) is 16.9. The van der Waals surface area contributed by atoms with Crippen LogP contribution in [0.5, 0.6) is 0 Å². The second kappa shape index (κ2) is 14.0. The van der Waals surface area contributed by atoms with Crippen LogP contribution in [0.1, 0.15) is 44.9 Å². The molecule has 2 rings (SSSR count).